The van der Waals surface area contributed by atoms with Gasteiger partial charge in [-0.25, -0.2) is 0 Å². The maximum Gasteiger partial charge on any atom is 0.102 e. The van der Waals surface area contributed by atoms with Crippen LogP contribution in [0.3, 0.4) is 0 Å². The molecule has 2 aliphatic carbocycles. The van der Waals surface area contributed by atoms with Gasteiger partial charge in [-0.2, -0.15) is 57.9 Å². The average Bonchev–Trinajstić information content (AvgIpc) is 3.53. The van der Waals surface area contributed by atoms with E-state index >= 15 is 0 Å². The molecule has 41 heavy (non-hydrogen) atoms. The molecule has 0 saturated heterocycles. The number of nitriles is 11. The summed E-state index contributed by atoms with van der Waals surface area (Å²) in [5.41, 5.74) is -4.75. The van der Waals surface area contributed by atoms with Gasteiger partial charge in [-0.1, -0.05) is 0 Å². The Morgan fingerprint density at radius 2 is 0.439 bits per heavy atom. The standard InChI is InChI=1S/C30HN11/c31-1-12-14(3-33)19(8-38)25-23(17(12)6-36)27-21(10-40)16(5-35)22(11-41)28-24-18(7-37)13(2-32)15(4-34)20(9-39)26(24)29(25)30(27)28/h29H. The molecule has 0 fully saturated rings. The molecule has 0 bridgehead atoms. The number of nitrogens with zero attached hydrogens (tertiary/aromatic N) is 11. The van der Waals surface area contributed by atoms with E-state index in [1.807, 2.05) is 42.5 Å². The Hall–Kier alpha value is -7.95. The van der Waals surface area contributed by atoms with Gasteiger partial charge in [0.15, 0.2) is 0 Å². The minimum absolute atomic E-state index is 0.0564. The van der Waals surface area contributed by atoms with Gasteiger partial charge in [-0.05, 0) is 16.7 Å². The zero-order valence-electron chi connectivity index (χ0n) is 20.0. The molecule has 0 atom stereocenters. The summed E-state index contributed by atoms with van der Waals surface area (Å²) in [6.45, 7) is 0. The molecule has 0 aromatic heterocycles. The summed E-state index contributed by atoms with van der Waals surface area (Å²) in [5, 5.41) is 111. The highest BCUT2D eigenvalue weighted by molar-refractivity contribution is 6.06. The van der Waals surface area contributed by atoms with Crippen LogP contribution in [0.4, 0.5) is 0 Å². The van der Waals surface area contributed by atoms with Gasteiger partial charge in [-0.15, -0.1) is 0 Å². The molecule has 176 valence electrons. The highest BCUT2D eigenvalue weighted by Gasteiger charge is 2.50. The van der Waals surface area contributed by atoms with Gasteiger partial charge in [-0.3, -0.25) is 0 Å². The molecule has 3 aromatic rings. The van der Waals surface area contributed by atoms with Gasteiger partial charge in [0, 0.05) is 28.2 Å². The lowest BCUT2D eigenvalue weighted by molar-refractivity contribution is 1.03. The predicted molar refractivity (Wildman–Crippen MR) is 130 cm³/mol. The Balaban J connectivity index is 2.29. The second-order valence-electron chi connectivity index (χ2n) is 8.53. The van der Waals surface area contributed by atoms with Crippen LogP contribution in [0, 0.1) is 125 Å². The maximum atomic E-state index is 10.2. The predicted octanol–water partition coefficient (Wildman–Crippen LogP) is 3.42. The summed E-state index contributed by atoms with van der Waals surface area (Å²) in [7, 11) is 0. The fourth-order valence-corrected chi connectivity index (χ4v) is 5.88. The molecule has 2 aliphatic rings. The lowest BCUT2D eigenvalue weighted by atomic mass is 9.79. The summed E-state index contributed by atoms with van der Waals surface area (Å²) in [4.78, 5) is 0. The SMILES string of the molecule is N#Cc1c(C#N)c(C#N)c2c(c1C#N)-c1c(C#N)c(C#N)c(C#N)c3c1C2c1c(C#N)c(C#N)c(C#N)c(C#N)c1-3. The summed E-state index contributed by atoms with van der Waals surface area (Å²) >= 11 is 0. The van der Waals surface area contributed by atoms with Gasteiger partial charge >= 0.3 is 0 Å². The number of fused-ring (bicyclic) bond motifs is 6. The first-order chi connectivity index (χ1) is 19.9. The van der Waals surface area contributed by atoms with Crippen molar-refractivity contribution in [2.24, 2.45) is 0 Å². The van der Waals surface area contributed by atoms with Crippen molar-refractivity contribution < 1.29 is 0 Å². The van der Waals surface area contributed by atoms with Crippen LogP contribution in [0.5, 0.6) is 0 Å². The van der Waals surface area contributed by atoms with Gasteiger partial charge in [0.2, 0.25) is 0 Å². The van der Waals surface area contributed by atoms with Crippen LogP contribution in [0.1, 0.15) is 83.8 Å². The van der Waals surface area contributed by atoms with Crippen LogP contribution >= 0.6 is 0 Å². The molecule has 0 heterocycles. The van der Waals surface area contributed by atoms with E-state index in [4.69, 9.17) is 0 Å². The molecule has 3 aromatic carbocycles. The highest BCUT2D eigenvalue weighted by atomic mass is 14.5. The van der Waals surface area contributed by atoms with E-state index in [0.717, 1.165) is 0 Å². The van der Waals surface area contributed by atoms with Gasteiger partial charge in [0.25, 0.3) is 0 Å². The van der Waals surface area contributed by atoms with Crippen LogP contribution < -0.4 is 0 Å². The topological polar surface area (TPSA) is 262 Å². The Bertz CT molecular complexity index is 2230. The van der Waals surface area contributed by atoms with Crippen molar-refractivity contribution in [2.45, 2.75) is 5.92 Å². The van der Waals surface area contributed by atoms with E-state index in [1.54, 1.807) is 24.3 Å². The molecule has 0 spiro atoms. The van der Waals surface area contributed by atoms with E-state index in [9.17, 15) is 57.9 Å². The Kier molecular flexibility index (Phi) is 5.17. The zero-order chi connectivity index (χ0) is 29.7. The second-order valence-corrected chi connectivity index (χ2v) is 8.53. The molecule has 0 radical (unpaired) electrons. The van der Waals surface area contributed by atoms with Gasteiger partial charge in [0.05, 0.1) is 61.2 Å². The van der Waals surface area contributed by atoms with Crippen molar-refractivity contribution in [3.05, 3.63) is 77.9 Å². The van der Waals surface area contributed by atoms with E-state index in [-0.39, 0.29) is 72.3 Å². The first kappa shape index (κ1) is 24.7. The molecule has 0 N–H and O–H groups in total. The number of rotatable bonds is 0. The van der Waals surface area contributed by atoms with Crippen molar-refractivity contribution in [2.75, 3.05) is 0 Å². The van der Waals surface area contributed by atoms with E-state index in [1.165, 1.54) is 0 Å². The normalized spacial score (nSPS) is 10.6. The third-order valence-electron chi connectivity index (χ3n) is 7.21. The van der Waals surface area contributed by atoms with Gasteiger partial charge in [0.1, 0.15) is 66.8 Å². The van der Waals surface area contributed by atoms with Crippen LogP contribution in [0.25, 0.3) is 22.3 Å². The molecule has 0 amide bonds. The molecule has 11 heteroatoms. The van der Waals surface area contributed by atoms with Crippen LogP contribution in [0.2, 0.25) is 0 Å². The molecule has 0 saturated carbocycles. The molecular formula is C30HN11. The zero-order valence-corrected chi connectivity index (χ0v) is 20.0. The quantitative estimate of drug-likeness (QED) is 0.288. The van der Waals surface area contributed by atoms with Crippen molar-refractivity contribution >= 4 is 0 Å². The monoisotopic (exact) mass is 515 g/mol. The van der Waals surface area contributed by atoms with E-state index in [0.29, 0.717) is 0 Å². The van der Waals surface area contributed by atoms with E-state index < -0.39 is 33.7 Å². The number of benzene rings is 3. The lowest BCUT2D eigenvalue weighted by Gasteiger charge is -2.19. The first-order valence-electron chi connectivity index (χ1n) is 11.1. The molecule has 5 rings (SSSR count). The first-order valence-corrected chi connectivity index (χ1v) is 11.1. The van der Waals surface area contributed by atoms with Gasteiger partial charge < -0.3 is 0 Å². The van der Waals surface area contributed by atoms with Crippen molar-refractivity contribution in [3.63, 3.8) is 0 Å². The Morgan fingerprint density at radius 1 is 0.244 bits per heavy atom. The maximum absolute atomic E-state index is 10.2. The third kappa shape index (κ3) is 2.57. The summed E-state index contributed by atoms with van der Waals surface area (Å²) < 4.78 is 0. The number of hydrogen-bond donors (Lipinski definition) is 0. The lowest BCUT2D eigenvalue weighted by Crippen LogP contribution is -2.09. The molecule has 11 nitrogen and oxygen atoms in total. The van der Waals surface area contributed by atoms with Crippen molar-refractivity contribution in [1.29, 1.82) is 57.9 Å². The van der Waals surface area contributed by atoms with Crippen molar-refractivity contribution in [1.82, 2.24) is 0 Å². The summed E-state index contributed by atoms with van der Waals surface area (Å²) in [5.74, 6) is -1.26. The fraction of sp³-hybridized carbons (Fsp3) is 0.0333. The Morgan fingerprint density at radius 3 is 0.683 bits per heavy atom. The Labute approximate surface area is 230 Å². The molecule has 0 unspecified atom stereocenters. The largest absolute Gasteiger partial charge is 0.192 e. The van der Waals surface area contributed by atoms with Crippen molar-refractivity contribution in [3.8, 4) is 89.0 Å². The van der Waals surface area contributed by atoms with Crippen LogP contribution in [-0.2, 0) is 0 Å². The second kappa shape index (κ2) is 8.57. The van der Waals surface area contributed by atoms with Crippen LogP contribution in [-0.4, -0.2) is 0 Å². The summed E-state index contributed by atoms with van der Waals surface area (Å²) in [6, 6.07) is 20.1. The van der Waals surface area contributed by atoms with E-state index in [2.05, 4.69) is 0 Å². The van der Waals surface area contributed by atoms with Crippen LogP contribution in [0.15, 0.2) is 0 Å². The molecular weight excluding hydrogens is 514 g/mol. The summed E-state index contributed by atoms with van der Waals surface area (Å²) in [6.07, 6.45) is 0. The average molecular weight is 515 g/mol. The smallest absolute Gasteiger partial charge is 0.102 e. The minimum atomic E-state index is -1.26. The fourth-order valence-electron chi connectivity index (χ4n) is 5.88. The third-order valence-corrected chi connectivity index (χ3v) is 7.21. The number of hydrogen-bond acceptors (Lipinski definition) is 11. The minimum Gasteiger partial charge on any atom is -0.192 e. The highest BCUT2D eigenvalue weighted by Crippen LogP contribution is 2.64. The molecule has 0 aliphatic heterocycles.